The third-order valence-electron chi connectivity index (χ3n) is 5.07. The van der Waals surface area contributed by atoms with E-state index in [9.17, 15) is 4.79 Å². The van der Waals surface area contributed by atoms with Crippen molar-refractivity contribution in [1.82, 2.24) is 15.0 Å². The molecule has 0 saturated carbocycles. The lowest BCUT2D eigenvalue weighted by Crippen LogP contribution is -2.38. The lowest BCUT2D eigenvalue weighted by Gasteiger charge is -2.30. The number of thiophene rings is 1. The number of rotatable bonds is 7. The monoisotopic (exact) mass is 411 g/mol. The molecule has 0 radical (unpaired) electrons. The Kier molecular flexibility index (Phi) is 6.36. The van der Waals surface area contributed by atoms with Gasteiger partial charge < -0.3 is 14.2 Å². The molecule has 0 spiro atoms. The van der Waals surface area contributed by atoms with Crippen molar-refractivity contribution in [3.8, 4) is 0 Å². The molecule has 1 atom stereocenters. The van der Waals surface area contributed by atoms with Crippen LogP contribution in [0.5, 0.6) is 0 Å². The number of amides is 1. The second-order valence-corrected chi connectivity index (χ2v) is 8.63. The van der Waals surface area contributed by atoms with Gasteiger partial charge in [-0.25, -0.2) is 0 Å². The topological polar surface area (TPSA) is 68.5 Å². The van der Waals surface area contributed by atoms with E-state index in [-0.39, 0.29) is 11.8 Å². The van der Waals surface area contributed by atoms with Gasteiger partial charge in [-0.3, -0.25) is 4.79 Å². The molecule has 6 nitrogen and oxygen atoms in total. The Bertz CT molecular complexity index is 938. The van der Waals surface area contributed by atoms with Gasteiger partial charge in [-0.15, -0.1) is 11.3 Å². The summed E-state index contributed by atoms with van der Waals surface area (Å²) in [7, 11) is 0. The average Bonchev–Trinajstić information content (AvgIpc) is 3.41. The van der Waals surface area contributed by atoms with Crippen molar-refractivity contribution in [3.05, 3.63) is 69.5 Å². The first-order chi connectivity index (χ1) is 14.2. The average molecular weight is 412 g/mol. The van der Waals surface area contributed by atoms with Crippen molar-refractivity contribution in [1.29, 1.82) is 0 Å². The molecule has 29 heavy (non-hydrogen) atoms. The van der Waals surface area contributed by atoms with E-state index in [0.29, 0.717) is 37.9 Å². The zero-order valence-corrected chi connectivity index (χ0v) is 17.4. The first-order valence-electron chi connectivity index (χ1n) is 9.99. The van der Waals surface area contributed by atoms with Crippen LogP contribution in [-0.2, 0) is 17.8 Å². The van der Waals surface area contributed by atoms with Crippen molar-refractivity contribution >= 4 is 17.2 Å². The van der Waals surface area contributed by atoms with Crippen LogP contribution in [0.4, 0.5) is 0 Å². The summed E-state index contributed by atoms with van der Waals surface area (Å²) in [5.74, 6) is 1.48. The minimum absolute atomic E-state index is 0.0975. The summed E-state index contributed by atoms with van der Waals surface area (Å²) in [6, 6.07) is 14.0. The van der Waals surface area contributed by atoms with Crippen molar-refractivity contribution in [3.63, 3.8) is 0 Å². The molecule has 3 aromatic rings. The minimum atomic E-state index is 0.0975. The highest BCUT2D eigenvalue weighted by Crippen LogP contribution is 2.28. The number of nitrogens with zero attached hydrogens (tertiary/aromatic N) is 3. The predicted molar refractivity (Wildman–Crippen MR) is 111 cm³/mol. The van der Waals surface area contributed by atoms with Crippen LogP contribution in [0.3, 0.4) is 0 Å². The van der Waals surface area contributed by atoms with E-state index in [2.05, 4.69) is 10.1 Å². The third-order valence-corrected chi connectivity index (χ3v) is 6.06. The molecule has 1 unspecified atom stereocenters. The van der Waals surface area contributed by atoms with Gasteiger partial charge in [0.25, 0.3) is 5.91 Å². The van der Waals surface area contributed by atoms with E-state index >= 15 is 0 Å². The highest BCUT2D eigenvalue weighted by Gasteiger charge is 2.29. The number of piperidine rings is 1. The van der Waals surface area contributed by atoms with Gasteiger partial charge in [0, 0.05) is 24.4 Å². The number of aryl methyl sites for hydroxylation is 1. The smallest absolute Gasteiger partial charge is 0.263 e. The second-order valence-electron chi connectivity index (χ2n) is 7.34. The molecule has 1 aliphatic heterocycles. The molecule has 7 heteroatoms. The number of hydrogen-bond acceptors (Lipinski definition) is 6. The van der Waals surface area contributed by atoms with Crippen LogP contribution in [0.25, 0.3) is 0 Å². The first kappa shape index (κ1) is 19.8. The fraction of sp³-hybridized carbons (Fsp3) is 0.409. The van der Waals surface area contributed by atoms with Crippen molar-refractivity contribution in [2.75, 3.05) is 19.7 Å². The summed E-state index contributed by atoms with van der Waals surface area (Å²) in [6.07, 6.45) is 2.51. The number of hydrogen-bond donors (Lipinski definition) is 0. The minimum Gasteiger partial charge on any atom is -0.376 e. The molecular formula is C22H25N3O3S. The molecule has 4 rings (SSSR count). The van der Waals surface area contributed by atoms with Crippen molar-refractivity contribution in [2.45, 2.75) is 38.7 Å². The Hall–Kier alpha value is -2.51. The highest BCUT2D eigenvalue weighted by atomic mass is 32.1. The van der Waals surface area contributed by atoms with Gasteiger partial charge in [0.05, 0.1) is 24.0 Å². The molecule has 1 fully saturated rings. The summed E-state index contributed by atoms with van der Waals surface area (Å²) in [6.45, 7) is 4.54. The van der Waals surface area contributed by atoms with Crippen molar-refractivity contribution < 1.29 is 14.1 Å². The summed E-state index contributed by atoms with van der Waals surface area (Å²) < 4.78 is 11.2. The number of ether oxygens (including phenoxy) is 1. The molecular weight excluding hydrogens is 386 g/mol. The molecule has 0 bridgehead atoms. The Labute approximate surface area is 174 Å². The van der Waals surface area contributed by atoms with E-state index in [1.807, 2.05) is 54.3 Å². The van der Waals surface area contributed by atoms with Crippen LogP contribution in [0.1, 0.15) is 50.6 Å². The molecule has 0 aliphatic carbocycles. The van der Waals surface area contributed by atoms with E-state index in [0.717, 1.165) is 34.7 Å². The van der Waals surface area contributed by atoms with Gasteiger partial charge in [0.2, 0.25) is 5.89 Å². The van der Waals surface area contributed by atoms with E-state index in [1.165, 1.54) is 0 Å². The standard InChI is InChI=1S/C22H25N3O3S/c1-16-9-10-19(29-16)22(26)25-12-5-8-18(14-25)21-23-20(24-28-21)11-13-27-15-17-6-3-2-4-7-17/h2-4,6-7,9-10,18H,5,8,11-15H2,1H3. The largest absolute Gasteiger partial charge is 0.376 e. The maximum Gasteiger partial charge on any atom is 0.263 e. The Morgan fingerprint density at radius 3 is 2.93 bits per heavy atom. The fourth-order valence-electron chi connectivity index (χ4n) is 3.53. The molecule has 1 amide bonds. The number of carbonyl (C=O) groups excluding carboxylic acids is 1. The first-order valence-corrected chi connectivity index (χ1v) is 10.8. The van der Waals surface area contributed by atoms with Crippen LogP contribution in [0.2, 0.25) is 0 Å². The third kappa shape index (κ3) is 5.10. The molecule has 1 aliphatic rings. The van der Waals surface area contributed by atoms with Crippen LogP contribution < -0.4 is 0 Å². The normalized spacial score (nSPS) is 16.9. The molecule has 0 N–H and O–H groups in total. The second kappa shape index (κ2) is 9.33. The van der Waals surface area contributed by atoms with Gasteiger partial charge >= 0.3 is 0 Å². The van der Waals surface area contributed by atoms with E-state index in [1.54, 1.807) is 11.3 Å². The number of benzene rings is 1. The molecule has 1 saturated heterocycles. The van der Waals surface area contributed by atoms with Crippen LogP contribution >= 0.6 is 11.3 Å². The van der Waals surface area contributed by atoms with E-state index in [4.69, 9.17) is 9.26 Å². The molecule has 2 aromatic heterocycles. The van der Waals surface area contributed by atoms with Crippen molar-refractivity contribution in [2.24, 2.45) is 0 Å². The Morgan fingerprint density at radius 2 is 2.14 bits per heavy atom. The summed E-state index contributed by atoms with van der Waals surface area (Å²) in [5, 5.41) is 4.10. The van der Waals surface area contributed by atoms with Gasteiger partial charge in [0.15, 0.2) is 5.82 Å². The SMILES string of the molecule is Cc1ccc(C(=O)N2CCCC(c3nc(CCOCc4ccccc4)no3)C2)s1. The maximum absolute atomic E-state index is 12.7. The lowest BCUT2D eigenvalue weighted by atomic mass is 9.98. The summed E-state index contributed by atoms with van der Waals surface area (Å²) in [4.78, 5) is 21.2. The van der Waals surface area contributed by atoms with E-state index < -0.39 is 0 Å². The lowest BCUT2D eigenvalue weighted by molar-refractivity contribution is 0.0700. The van der Waals surface area contributed by atoms with Gasteiger partial charge in [-0.1, -0.05) is 35.5 Å². The predicted octanol–water partition coefficient (Wildman–Crippen LogP) is 4.22. The maximum atomic E-state index is 12.7. The summed E-state index contributed by atoms with van der Waals surface area (Å²) in [5.41, 5.74) is 1.15. The molecule has 152 valence electrons. The quantitative estimate of drug-likeness (QED) is 0.545. The van der Waals surface area contributed by atoms with Gasteiger partial charge in [-0.05, 0) is 37.5 Å². The molecule has 3 heterocycles. The van der Waals surface area contributed by atoms with Crippen LogP contribution in [0.15, 0.2) is 47.0 Å². The highest BCUT2D eigenvalue weighted by molar-refractivity contribution is 7.13. The Morgan fingerprint density at radius 1 is 1.28 bits per heavy atom. The zero-order chi connectivity index (χ0) is 20.1. The fourth-order valence-corrected chi connectivity index (χ4v) is 4.37. The summed E-state index contributed by atoms with van der Waals surface area (Å²) >= 11 is 1.54. The van der Waals surface area contributed by atoms with Gasteiger partial charge in [-0.2, -0.15) is 4.98 Å². The Balaban J connectivity index is 1.28. The zero-order valence-electron chi connectivity index (χ0n) is 16.5. The van der Waals surface area contributed by atoms with Crippen LogP contribution in [-0.4, -0.2) is 40.6 Å². The number of carbonyl (C=O) groups is 1. The molecule has 1 aromatic carbocycles. The number of likely N-dealkylation sites (tertiary alicyclic amines) is 1. The van der Waals surface area contributed by atoms with Gasteiger partial charge in [0.1, 0.15) is 0 Å². The number of aromatic nitrogens is 2. The van der Waals surface area contributed by atoms with Crippen LogP contribution in [0, 0.1) is 6.92 Å².